The maximum atomic E-state index is 12.6. The summed E-state index contributed by atoms with van der Waals surface area (Å²) < 4.78 is 31.9. The number of hydrogen-bond acceptors (Lipinski definition) is 4. The third-order valence-electron chi connectivity index (χ3n) is 5.65. The van der Waals surface area contributed by atoms with Crippen LogP contribution in [-0.4, -0.2) is 64.1 Å². The van der Waals surface area contributed by atoms with E-state index in [9.17, 15) is 13.2 Å². The van der Waals surface area contributed by atoms with Crippen molar-refractivity contribution in [2.75, 3.05) is 44.7 Å². The standard InChI is InChI=1S/C19H29N3O4S/c1-15-7-9-21(10-8-15)16(2)19(23)20-17-3-5-18(6-4-17)27(24,25)22-11-13-26-14-12-22/h3-6,15-16H,7-14H2,1-2H3,(H,20,23)/p+1/t16-/m1/s1. The average molecular weight is 397 g/mol. The number of rotatable bonds is 5. The van der Waals surface area contributed by atoms with Gasteiger partial charge in [0, 0.05) is 18.8 Å². The first-order chi connectivity index (χ1) is 12.9. The minimum atomic E-state index is -3.51. The van der Waals surface area contributed by atoms with Crippen molar-refractivity contribution >= 4 is 21.6 Å². The lowest BCUT2D eigenvalue weighted by Gasteiger charge is -2.31. The van der Waals surface area contributed by atoms with Crippen LogP contribution >= 0.6 is 0 Å². The van der Waals surface area contributed by atoms with Gasteiger partial charge in [0.25, 0.3) is 5.91 Å². The van der Waals surface area contributed by atoms with Gasteiger partial charge in [-0.3, -0.25) is 4.79 Å². The summed E-state index contributed by atoms with van der Waals surface area (Å²) in [6.07, 6.45) is 2.31. The van der Waals surface area contributed by atoms with Crippen LogP contribution in [0.2, 0.25) is 0 Å². The van der Waals surface area contributed by atoms with Crippen molar-refractivity contribution in [2.45, 2.75) is 37.6 Å². The molecule has 1 aromatic rings. The van der Waals surface area contributed by atoms with Gasteiger partial charge in [0.05, 0.1) is 31.2 Å². The zero-order valence-corrected chi connectivity index (χ0v) is 16.9. The molecule has 8 heteroatoms. The Kier molecular flexibility index (Phi) is 6.52. The van der Waals surface area contributed by atoms with Crippen LogP contribution in [0.5, 0.6) is 0 Å². The topological polar surface area (TPSA) is 80.2 Å². The van der Waals surface area contributed by atoms with Crippen LogP contribution in [0.25, 0.3) is 0 Å². The molecule has 2 N–H and O–H groups in total. The molecule has 0 spiro atoms. The highest BCUT2D eigenvalue weighted by atomic mass is 32.2. The molecule has 27 heavy (non-hydrogen) atoms. The molecular formula is C19H30N3O4S+. The van der Waals surface area contributed by atoms with Gasteiger partial charge in [-0.15, -0.1) is 0 Å². The molecule has 0 aliphatic carbocycles. The van der Waals surface area contributed by atoms with Crippen molar-refractivity contribution in [3.63, 3.8) is 0 Å². The fourth-order valence-corrected chi connectivity index (χ4v) is 5.06. The molecular weight excluding hydrogens is 366 g/mol. The van der Waals surface area contributed by atoms with E-state index in [1.165, 1.54) is 9.21 Å². The van der Waals surface area contributed by atoms with Gasteiger partial charge < -0.3 is 15.0 Å². The number of quaternary nitrogens is 1. The molecule has 1 aromatic carbocycles. The van der Waals surface area contributed by atoms with Crippen LogP contribution in [0.15, 0.2) is 29.2 Å². The minimum absolute atomic E-state index is 0.0247. The van der Waals surface area contributed by atoms with Crippen molar-refractivity contribution in [3.8, 4) is 0 Å². The van der Waals surface area contributed by atoms with Gasteiger partial charge in [-0.1, -0.05) is 6.92 Å². The number of hydrogen-bond donors (Lipinski definition) is 2. The molecule has 3 rings (SSSR count). The summed E-state index contributed by atoms with van der Waals surface area (Å²) in [5.41, 5.74) is 0.623. The van der Waals surface area contributed by atoms with Crippen molar-refractivity contribution in [2.24, 2.45) is 5.92 Å². The summed E-state index contributed by atoms with van der Waals surface area (Å²) in [6.45, 7) is 7.84. The molecule has 2 aliphatic heterocycles. The normalized spacial score (nSPS) is 25.7. The van der Waals surface area contributed by atoms with Crippen molar-refractivity contribution < 1.29 is 22.8 Å². The number of ether oxygens (including phenoxy) is 1. The highest BCUT2D eigenvalue weighted by molar-refractivity contribution is 7.89. The fourth-order valence-electron chi connectivity index (χ4n) is 3.65. The second-order valence-corrected chi connectivity index (χ2v) is 9.53. The molecule has 0 saturated carbocycles. The largest absolute Gasteiger partial charge is 0.379 e. The van der Waals surface area contributed by atoms with E-state index in [4.69, 9.17) is 4.74 Å². The molecule has 0 unspecified atom stereocenters. The van der Waals surface area contributed by atoms with E-state index >= 15 is 0 Å². The molecule has 2 fully saturated rings. The van der Waals surface area contributed by atoms with Crippen molar-refractivity contribution in [1.29, 1.82) is 0 Å². The first kappa shape index (κ1) is 20.3. The van der Waals surface area contributed by atoms with Crippen LogP contribution < -0.4 is 10.2 Å². The first-order valence-electron chi connectivity index (χ1n) is 9.71. The van der Waals surface area contributed by atoms with Gasteiger partial charge in [-0.05, 0) is 49.9 Å². The molecule has 7 nitrogen and oxygen atoms in total. The summed E-state index contributed by atoms with van der Waals surface area (Å²) in [6, 6.07) is 6.31. The number of piperidine rings is 1. The van der Waals surface area contributed by atoms with E-state index in [0.717, 1.165) is 31.8 Å². The smallest absolute Gasteiger partial charge is 0.282 e. The molecule has 1 amide bonds. The molecule has 1 atom stereocenters. The lowest BCUT2D eigenvalue weighted by atomic mass is 9.98. The van der Waals surface area contributed by atoms with Gasteiger partial charge in [0.15, 0.2) is 6.04 Å². The number of carbonyl (C=O) groups excluding carboxylic acids is 1. The molecule has 0 bridgehead atoms. The number of benzene rings is 1. The van der Waals surface area contributed by atoms with Gasteiger partial charge in [0.2, 0.25) is 10.0 Å². The van der Waals surface area contributed by atoms with Gasteiger partial charge in [-0.25, -0.2) is 8.42 Å². The van der Waals surface area contributed by atoms with Crippen molar-refractivity contribution in [1.82, 2.24) is 4.31 Å². The van der Waals surface area contributed by atoms with Gasteiger partial charge in [-0.2, -0.15) is 4.31 Å². The maximum absolute atomic E-state index is 12.6. The zero-order valence-electron chi connectivity index (χ0n) is 16.1. The van der Waals surface area contributed by atoms with Gasteiger partial charge in [0.1, 0.15) is 0 Å². The summed E-state index contributed by atoms with van der Waals surface area (Å²) >= 11 is 0. The number of nitrogens with one attached hydrogen (secondary N) is 2. The number of morpholine rings is 1. The highest BCUT2D eigenvalue weighted by Crippen LogP contribution is 2.19. The van der Waals surface area contributed by atoms with E-state index < -0.39 is 10.0 Å². The number of carbonyl (C=O) groups is 1. The number of likely N-dealkylation sites (tertiary alicyclic amines) is 1. The predicted octanol–water partition coefficient (Wildman–Crippen LogP) is 0.349. The lowest BCUT2D eigenvalue weighted by Crippen LogP contribution is -3.17. The Labute approximate surface area is 161 Å². The first-order valence-corrected chi connectivity index (χ1v) is 11.2. The number of anilines is 1. The summed E-state index contributed by atoms with van der Waals surface area (Å²) in [5.74, 6) is 0.716. The van der Waals surface area contributed by atoms with Gasteiger partial charge >= 0.3 is 0 Å². The van der Waals surface area contributed by atoms with Crippen LogP contribution in [0.3, 0.4) is 0 Å². The van der Waals surface area contributed by atoms with E-state index in [0.29, 0.717) is 32.0 Å². The quantitative estimate of drug-likeness (QED) is 0.753. The van der Waals surface area contributed by atoms with E-state index in [2.05, 4.69) is 12.2 Å². The number of nitrogens with zero attached hydrogens (tertiary/aromatic N) is 1. The average Bonchev–Trinajstić information content (AvgIpc) is 2.69. The Bertz CT molecular complexity index is 737. The zero-order chi connectivity index (χ0) is 19.4. The van der Waals surface area contributed by atoms with Crippen LogP contribution in [0.1, 0.15) is 26.7 Å². The highest BCUT2D eigenvalue weighted by Gasteiger charge is 2.29. The molecule has 0 aromatic heterocycles. The molecule has 2 aliphatic rings. The van der Waals surface area contributed by atoms with Crippen LogP contribution in [0.4, 0.5) is 5.69 Å². The van der Waals surface area contributed by atoms with E-state index in [1.54, 1.807) is 24.3 Å². The summed E-state index contributed by atoms with van der Waals surface area (Å²) in [5, 5.41) is 2.92. The second kappa shape index (κ2) is 8.68. The lowest BCUT2D eigenvalue weighted by molar-refractivity contribution is -0.919. The molecule has 2 saturated heterocycles. The number of amides is 1. The molecule has 0 radical (unpaired) electrons. The summed E-state index contributed by atoms with van der Waals surface area (Å²) in [7, 11) is -3.51. The third-order valence-corrected chi connectivity index (χ3v) is 7.56. The third kappa shape index (κ3) is 4.87. The Balaban J connectivity index is 1.60. The Morgan fingerprint density at radius 2 is 1.78 bits per heavy atom. The molecule has 2 heterocycles. The number of sulfonamides is 1. The minimum Gasteiger partial charge on any atom is -0.379 e. The van der Waals surface area contributed by atoms with Crippen LogP contribution in [-0.2, 0) is 19.6 Å². The van der Waals surface area contributed by atoms with Crippen molar-refractivity contribution in [3.05, 3.63) is 24.3 Å². The van der Waals surface area contributed by atoms with Crippen LogP contribution in [0, 0.1) is 5.92 Å². The SMILES string of the molecule is CC1CC[NH+]([C@H](C)C(=O)Nc2ccc(S(=O)(=O)N3CCOCC3)cc2)CC1. The molecule has 150 valence electrons. The Hall–Kier alpha value is -1.48. The monoisotopic (exact) mass is 396 g/mol. The predicted molar refractivity (Wildman–Crippen MR) is 103 cm³/mol. The Morgan fingerprint density at radius 3 is 2.37 bits per heavy atom. The summed E-state index contributed by atoms with van der Waals surface area (Å²) in [4.78, 5) is 14.1. The second-order valence-electron chi connectivity index (χ2n) is 7.59. The van der Waals surface area contributed by atoms with E-state index in [1.807, 2.05) is 6.92 Å². The Morgan fingerprint density at radius 1 is 1.19 bits per heavy atom. The maximum Gasteiger partial charge on any atom is 0.282 e. The fraction of sp³-hybridized carbons (Fsp3) is 0.632. The van der Waals surface area contributed by atoms with E-state index in [-0.39, 0.29) is 16.8 Å².